The van der Waals surface area contributed by atoms with Crippen molar-refractivity contribution in [2.45, 2.75) is 6.54 Å². The molecule has 6 nitrogen and oxygen atoms in total. The van der Waals surface area contributed by atoms with Crippen molar-refractivity contribution in [3.63, 3.8) is 0 Å². The molecule has 0 fully saturated rings. The number of hydrogen-bond donors (Lipinski definition) is 1. The summed E-state index contributed by atoms with van der Waals surface area (Å²) in [6.07, 6.45) is 6.86. The van der Waals surface area contributed by atoms with Crippen LogP contribution in [0.3, 0.4) is 0 Å². The standard InChI is InChI=1S/C8H10N6/c1-2-9-8(10-3-1)11-4-6-14-7-5-12-13-14/h1-3,5,7H,4,6H2,(H,9,10,11). The largest absolute Gasteiger partial charge is 0.352 e. The molecule has 0 saturated heterocycles. The van der Waals surface area contributed by atoms with Crippen LogP contribution in [-0.4, -0.2) is 31.5 Å². The zero-order valence-corrected chi connectivity index (χ0v) is 7.54. The van der Waals surface area contributed by atoms with Crippen LogP contribution >= 0.6 is 0 Å². The van der Waals surface area contributed by atoms with Crippen LogP contribution in [0.1, 0.15) is 0 Å². The Labute approximate surface area is 81.0 Å². The van der Waals surface area contributed by atoms with Gasteiger partial charge in [0.25, 0.3) is 0 Å². The van der Waals surface area contributed by atoms with E-state index in [2.05, 4.69) is 25.6 Å². The first-order valence-electron chi connectivity index (χ1n) is 4.30. The molecule has 0 spiro atoms. The molecule has 0 unspecified atom stereocenters. The van der Waals surface area contributed by atoms with Crippen molar-refractivity contribution in [3.8, 4) is 0 Å². The van der Waals surface area contributed by atoms with Crippen LogP contribution in [0.25, 0.3) is 0 Å². The van der Waals surface area contributed by atoms with Gasteiger partial charge in [0.05, 0.1) is 12.7 Å². The highest BCUT2D eigenvalue weighted by Crippen LogP contribution is 1.92. The van der Waals surface area contributed by atoms with Crippen molar-refractivity contribution in [1.82, 2.24) is 25.0 Å². The Balaban J connectivity index is 1.79. The van der Waals surface area contributed by atoms with Gasteiger partial charge in [-0.15, -0.1) is 5.10 Å². The van der Waals surface area contributed by atoms with E-state index in [-0.39, 0.29) is 0 Å². The number of nitrogens with one attached hydrogen (secondary N) is 1. The van der Waals surface area contributed by atoms with Crippen molar-refractivity contribution in [1.29, 1.82) is 0 Å². The van der Waals surface area contributed by atoms with Crippen molar-refractivity contribution in [2.24, 2.45) is 0 Å². The SMILES string of the molecule is c1cnc(NCCn2ccnn2)nc1. The summed E-state index contributed by atoms with van der Waals surface area (Å²) < 4.78 is 1.75. The number of hydrogen-bond acceptors (Lipinski definition) is 5. The van der Waals surface area contributed by atoms with Crippen molar-refractivity contribution < 1.29 is 0 Å². The first-order chi connectivity index (χ1) is 6.95. The van der Waals surface area contributed by atoms with E-state index < -0.39 is 0 Å². The fourth-order valence-electron chi connectivity index (χ4n) is 1.02. The summed E-state index contributed by atoms with van der Waals surface area (Å²) in [5.74, 6) is 0.632. The topological polar surface area (TPSA) is 68.5 Å². The van der Waals surface area contributed by atoms with E-state index in [1.165, 1.54) is 0 Å². The summed E-state index contributed by atoms with van der Waals surface area (Å²) in [7, 11) is 0. The molecule has 6 heteroatoms. The number of nitrogens with zero attached hydrogens (tertiary/aromatic N) is 5. The maximum absolute atomic E-state index is 4.03. The Kier molecular flexibility index (Phi) is 2.65. The molecule has 2 aromatic rings. The van der Waals surface area contributed by atoms with Gasteiger partial charge in [0.1, 0.15) is 0 Å². The average Bonchev–Trinajstić information content (AvgIpc) is 2.72. The molecule has 0 bridgehead atoms. The lowest BCUT2D eigenvalue weighted by Crippen LogP contribution is -2.12. The molecule has 0 radical (unpaired) electrons. The molecule has 14 heavy (non-hydrogen) atoms. The van der Waals surface area contributed by atoms with Gasteiger partial charge in [0.15, 0.2) is 0 Å². The van der Waals surface area contributed by atoms with Crippen LogP contribution < -0.4 is 5.32 Å². The van der Waals surface area contributed by atoms with E-state index in [1.807, 2.05) is 6.20 Å². The predicted molar refractivity (Wildman–Crippen MR) is 50.5 cm³/mol. The van der Waals surface area contributed by atoms with E-state index in [0.717, 1.165) is 13.1 Å². The fraction of sp³-hybridized carbons (Fsp3) is 0.250. The Hall–Kier alpha value is -1.98. The lowest BCUT2D eigenvalue weighted by Gasteiger charge is -2.02. The van der Waals surface area contributed by atoms with E-state index in [4.69, 9.17) is 0 Å². The Morgan fingerprint density at radius 2 is 2.07 bits per heavy atom. The number of rotatable bonds is 4. The summed E-state index contributed by atoms with van der Waals surface area (Å²) in [5, 5.41) is 10.6. The van der Waals surface area contributed by atoms with Gasteiger partial charge < -0.3 is 5.32 Å². The fourth-order valence-corrected chi connectivity index (χ4v) is 1.02. The Morgan fingerprint density at radius 3 is 2.79 bits per heavy atom. The molecule has 2 rings (SSSR count). The van der Waals surface area contributed by atoms with Gasteiger partial charge in [0.2, 0.25) is 5.95 Å². The highest BCUT2D eigenvalue weighted by atomic mass is 15.4. The molecular weight excluding hydrogens is 180 g/mol. The first kappa shape index (κ1) is 8.61. The van der Waals surface area contributed by atoms with Crippen LogP contribution in [0.5, 0.6) is 0 Å². The molecule has 0 aliphatic rings. The molecule has 0 aliphatic carbocycles. The lowest BCUT2D eigenvalue weighted by atomic mass is 10.6. The quantitative estimate of drug-likeness (QED) is 0.744. The average molecular weight is 190 g/mol. The summed E-state index contributed by atoms with van der Waals surface area (Å²) >= 11 is 0. The molecule has 0 saturated carbocycles. The zero-order chi connectivity index (χ0) is 9.64. The number of anilines is 1. The predicted octanol–water partition coefficient (Wildman–Crippen LogP) is 0.180. The third-order valence-electron chi connectivity index (χ3n) is 1.66. The van der Waals surface area contributed by atoms with Crippen LogP contribution in [0, 0.1) is 0 Å². The first-order valence-corrected chi connectivity index (χ1v) is 4.30. The summed E-state index contributed by atoms with van der Waals surface area (Å²) in [6, 6.07) is 1.78. The lowest BCUT2D eigenvalue weighted by molar-refractivity contribution is 0.607. The van der Waals surface area contributed by atoms with Gasteiger partial charge in [-0.2, -0.15) is 0 Å². The van der Waals surface area contributed by atoms with Crippen LogP contribution in [-0.2, 0) is 6.54 Å². The third kappa shape index (κ3) is 2.25. The molecule has 1 N–H and O–H groups in total. The van der Waals surface area contributed by atoms with E-state index >= 15 is 0 Å². The smallest absolute Gasteiger partial charge is 0.222 e. The summed E-state index contributed by atoms with van der Waals surface area (Å²) in [4.78, 5) is 8.06. The Morgan fingerprint density at radius 1 is 1.21 bits per heavy atom. The maximum atomic E-state index is 4.03. The molecule has 0 amide bonds. The van der Waals surface area contributed by atoms with E-state index in [1.54, 1.807) is 29.3 Å². The van der Waals surface area contributed by atoms with Gasteiger partial charge in [-0.05, 0) is 6.07 Å². The normalized spacial score (nSPS) is 10.0. The molecule has 0 atom stereocenters. The molecule has 0 aliphatic heterocycles. The zero-order valence-electron chi connectivity index (χ0n) is 7.54. The second kappa shape index (κ2) is 4.31. The van der Waals surface area contributed by atoms with Crippen LogP contribution in [0.2, 0.25) is 0 Å². The molecule has 0 aromatic carbocycles. The van der Waals surface area contributed by atoms with Crippen molar-refractivity contribution in [3.05, 3.63) is 30.9 Å². The minimum Gasteiger partial charge on any atom is -0.352 e. The molecule has 2 aromatic heterocycles. The molecular formula is C8H10N6. The maximum Gasteiger partial charge on any atom is 0.222 e. The molecule has 72 valence electrons. The molecule has 2 heterocycles. The van der Waals surface area contributed by atoms with Crippen LogP contribution in [0.15, 0.2) is 30.9 Å². The van der Waals surface area contributed by atoms with Crippen molar-refractivity contribution in [2.75, 3.05) is 11.9 Å². The summed E-state index contributed by atoms with van der Waals surface area (Å²) in [6.45, 7) is 1.48. The van der Waals surface area contributed by atoms with Crippen LogP contribution in [0.4, 0.5) is 5.95 Å². The van der Waals surface area contributed by atoms with Gasteiger partial charge in [0, 0.05) is 25.1 Å². The minimum atomic E-state index is 0.632. The monoisotopic (exact) mass is 190 g/mol. The van der Waals surface area contributed by atoms with E-state index in [0.29, 0.717) is 5.95 Å². The van der Waals surface area contributed by atoms with Crippen molar-refractivity contribution >= 4 is 5.95 Å². The highest BCUT2D eigenvalue weighted by Gasteiger charge is 1.93. The van der Waals surface area contributed by atoms with Gasteiger partial charge >= 0.3 is 0 Å². The Bertz CT molecular complexity index is 357. The number of aromatic nitrogens is 5. The second-order valence-electron chi connectivity index (χ2n) is 2.67. The van der Waals surface area contributed by atoms with Gasteiger partial charge in [-0.25, -0.2) is 9.97 Å². The third-order valence-corrected chi connectivity index (χ3v) is 1.66. The van der Waals surface area contributed by atoms with Gasteiger partial charge in [-0.3, -0.25) is 4.68 Å². The van der Waals surface area contributed by atoms with Gasteiger partial charge in [-0.1, -0.05) is 5.21 Å². The minimum absolute atomic E-state index is 0.632. The highest BCUT2D eigenvalue weighted by molar-refractivity contribution is 5.21. The second-order valence-corrected chi connectivity index (χ2v) is 2.67. The van der Waals surface area contributed by atoms with E-state index in [9.17, 15) is 0 Å². The summed E-state index contributed by atoms with van der Waals surface area (Å²) in [5.41, 5.74) is 0.